The highest BCUT2D eigenvalue weighted by Gasteiger charge is 2.16. The molecule has 0 saturated heterocycles. The van der Waals surface area contributed by atoms with E-state index in [1.807, 2.05) is 11.7 Å². The van der Waals surface area contributed by atoms with Crippen LogP contribution < -0.4 is 5.32 Å². The SMILES string of the molecule is Cc1nn(C)c(C)c1C(C)Nc1cccc(CN(C)C)c1. The highest BCUT2D eigenvalue weighted by Crippen LogP contribution is 2.25. The number of nitrogens with zero attached hydrogens (tertiary/aromatic N) is 3. The summed E-state index contributed by atoms with van der Waals surface area (Å²) in [5.74, 6) is 0. The van der Waals surface area contributed by atoms with Gasteiger partial charge >= 0.3 is 0 Å². The maximum atomic E-state index is 4.50. The molecule has 114 valence electrons. The van der Waals surface area contributed by atoms with Gasteiger partial charge in [-0.25, -0.2) is 0 Å². The number of rotatable bonds is 5. The quantitative estimate of drug-likeness (QED) is 0.915. The highest BCUT2D eigenvalue weighted by atomic mass is 15.3. The van der Waals surface area contributed by atoms with Gasteiger partial charge in [-0.2, -0.15) is 5.10 Å². The Bertz CT molecular complexity index is 613. The number of hydrogen-bond acceptors (Lipinski definition) is 3. The van der Waals surface area contributed by atoms with Crippen LogP contribution in [0.1, 0.15) is 35.5 Å². The summed E-state index contributed by atoms with van der Waals surface area (Å²) in [6.07, 6.45) is 0. The first-order chi connectivity index (χ1) is 9.88. The molecular weight excluding hydrogens is 260 g/mol. The smallest absolute Gasteiger partial charge is 0.0649 e. The molecule has 0 spiro atoms. The van der Waals surface area contributed by atoms with Gasteiger partial charge in [0.15, 0.2) is 0 Å². The van der Waals surface area contributed by atoms with Crippen LogP contribution in [-0.4, -0.2) is 28.8 Å². The van der Waals surface area contributed by atoms with Crippen LogP contribution in [0.25, 0.3) is 0 Å². The Morgan fingerprint density at radius 1 is 1.29 bits per heavy atom. The summed E-state index contributed by atoms with van der Waals surface area (Å²) in [4.78, 5) is 2.18. The van der Waals surface area contributed by atoms with Crippen LogP contribution in [0.15, 0.2) is 24.3 Å². The van der Waals surface area contributed by atoms with Crippen molar-refractivity contribution in [3.63, 3.8) is 0 Å². The fourth-order valence-corrected chi connectivity index (χ4v) is 2.86. The third kappa shape index (κ3) is 3.64. The second kappa shape index (κ2) is 6.31. The zero-order chi connectivity index (χ0) is 15.6. The van der Waals surface area contributed by atoms with Crippen LogP contribution in [0.3, 0.4) is 0 Å². The lowest BCUT2D eigenvalue weighted by molar-refractivity contribution is 0.402. The summed E-state index contributed by atoms with van der Waals surface area (Å²) in [6, 6.07) is 8.86. The summed E-state index contributed by atoms with van der Waals surface area (Å²) in [7, 11) is 6.17. The van der Waals surface area contributed by atoms with Gasteiger partial charge in [0.2, 0.25) is 0 Å². The number of aryl methyl sites for hydroxylation is 2. The molecular formula is C17H26N4. The minimum Gasteiger partial charge on any atom is -0.378 e. The van der Waals surface area contributed by atoms with Crippen LogP contribution in [0.5, 0.6) is 0 Å². The maximum absolute atomic E-state index is 4.50. The highest BCUT2D eigenvalue weighted by molar-refractivity contribution is 5.48. The van der Waals surface area contributed by atoms with Crippen molar-refractivity contribution in [1.29, 1.82) is 0 Å². The number of benzene rings is 1. The maximum Gasteiger partial charge on any atom is 0.0649 e. The lowest BCUT2D eigenvalue weighted by atomic mass is 10.1. The van der Waals surface area contributed by atoms with E-state index in [9.17, 15) is 0 Å². The Kier molecular flexibility index (Phi) is 4.68. The van der Waals surface area contributed by atoms with Crippen molar-refractivity contribution in [3.05, 3.63) is 46.8 Å². The molecule has 1 aromatic heterocycles. The standard InChI is InChI=1S/C17H26N4/c1-12(17-13(2)19-21(6)14(17)3)18-16-9-7-8-15(10-16)11-20(4)5/h7-10,12,18H,11H2,1-6H3. The molecule has 2 aromatic rings. The molecule has 0 radical (unpaired) electrons. The second-order valence-corrected chi connectivity index (χ2v) is 6.01. The Morgan fingerprint density at radius 2 is 2.00 bits per heavy atom. The summed E-state index contributed by atoms with van der Waals surface area (Å²) in [6.45, 7) is 7.34. The van der Waals surface area contributed by atoms with E-state index in [4.69, 9.17) is 0 Å². The van der Waals surface area contributed by atoms with E-state index >= 15 is 0 Å². The van der Waals surface area contributed by atoms with Crippen molar-refractivity contribution < 1.29 is 0 Å². The molecule has 0 fully saturated rings. The zero-order valence-corrected chi connectivity index (χ0v) is 13.9. The number of hydrogen-bond donors (Lipinski definition) is 1. The Hall–Kier alpha value is -1.81. The molecule has 0 aliphatic rings. The van der Waals surface area contributed by atoms with Gasteiger partial charge in [-0.15, -0.1) is 0 Å². The fraction of sp³-hybridized carbons (Fsp3) is 0.471. The van der Waals surface area contributed by atoms with Crippen molar-refractivity contribution >= 4 is 5.69 Å². The Morgan fingerprint density at radius 3 is 2.57 bits per heavy atom. The van der Waals surface area contributed by atoms with E-state index in [0.29, 0.717) is 0 Å². The molecule has 4 heteroatoms. The van der Waals surface area contributed by atoms with Crippen LogP contribution in [0.2, 0.25) is 0 Å². The lowest BCUT2D eigenvalue weighted by Gasteiger charge is -2.17. The van der Waals surface area contributed by atoms with Gasteiger partial charge in [0.05, 0.1) is 11.7 Å². The van der Waals surface area contributed by atoms with E-state index < -0.39 is 0 Å². The van der Waals surface area contributed by atoms with Crippen molar-refractivity contribution in [1.82, 2.24) is 14.7 Å². The van der Waals surface area contributed by atoms with Crippen LogP contribution in [-0.2, 0) is 13.6 Å². The van der Waals surface area contributed by atoms with E-state index in [2.05, 4.69) is 74.4 Å². The summed E-state index contributed by atoms with van der Waals surface area (Å²) in [5.41, 5.74) is 6.08. The molecule has 1 atom stereocenters. The van der Waals surface area contributed by atoms with E-state index in [-0.39, 0.29) is 6.04 Å². The zero-order valence-electron chi connectivity index (χ0n) is 13.9. The van der Waals surface area contributed by atoms with Gasteiger partial charge in [0.25, 0.3) is 0 Å². The molecule has 1 unspecified atom stereocenters. The molecule has 1 heterocycles. The van der Waals surface area contributed by atoms with Crippen LogP contribution in [0, 0.1) is 13.8 Å². The molecule has 0 aliphatic carbocycles. The third-order valence-electron chi connectivity index (χ3n) is 3.81. The van der Waals surface area contributed by atoms with Crippen molar-refractivity contribution in [2.75, 3.05) is 19.4 Å². The topological polar surface area (TPSA) is 33.1 Å². The molecule has 0 saturated carbocycles. The second-order valence-electron chi connectivity index (χ2n) is 6.01. The van der Waals surface area contributed by atoms with Crippen LogP contribution in [0.4, 0.5) is 5.69 Å². The number of aromatic nitrogens is 2. The monoisotopic (exact) mass is 286 g/mol. The largest absolute Gasteiger partial charge is 0.378 e. The molecule has 0 amide bonds. The van der Waals surface area contributed by atoms with Gasteiger partial charge in [-0.05, 0) is 52.6 Å². The number of nitrogens with one attached hydrogen (secondary N) is 1. The first-order valence-electron chi connectivity index (χ1n) is 7.38. The van der Waals surface area contributed by atoms with Crippen molar-refractivity contribution in [2.45, 2.75) is 33.4 Å². The average molecular weight is 286 g/mol. The first kappa shape index (κ1) is 15.6. The molecule has 0 aliphatic heterocycles. The van der Waals surface area contributed by atoms with Crippen molar-refractivity contribution in [3.8, 4) is 0 Å². The van der Waals surface area contributed by atoms with Gasteiger partial charge in [0, 0.05) is 30.5 Å². The van der Waals surface area contributed by atoms with E-state index in [1.165, 1.54) is 16.8 Å². The van der Waals surface area contributed by atoms with Crippen LogP contribution >= 0.6 is 0 Å². The van der Waals surface area contributed by atoms with Gasteiger partial charge in [-0.3, -0.25) is 4.68 Å². The Labute approximate surface area is 127 Å². The fourth-order valence-electron chi connectivity index (χ4n) is 2.86. The predicted octanol–water partition coefficient (Wildman–Crippen LogP) is 3.27. The molecule has 2 rings (SSSR count). The minimum absolute atomic E-state index is 0.244. The molecule has 1 aromatic carbocycles. The summed E-state index contributed by atoms with van der Waals surface area (Å²) in [5, 5.41) is 8.10. The van der Waals surface area contributed by atoms with Gasteiger partial charge in [-0.1, -0.05) is 12.1 Å². The molecule has 1 N–H and O–H groups in total. The van der Waals surface area contributed by atoms with E-state index in [1.54, 1.807) is 0 Å². The molecule has 0 bridgehead atoms. The number of anilines is 1. The Balaban J connectivity index is 2.17. The lowest BCUT2D eigenvalue weighted by Crippen LogP contribution is -2.12. The summed E-state index contributed by atoms with van der Waals surface area (Å²) < 4.78 is 1.95. The first-order valence-corrected chi connectivity index (χ1v) is 7.38. The molecule has 21 heavy (non-hydrogen) atoms. The summed E-state index contributed by atoms with van der Waals surface area (Å²) >= 11 is 0. The van der Waals surface area contributed by atoms with E-state index in [0.717, 1.165) is 17.9 Å². The predicted molar refractivity (Wildman–Crippen MR) is 88.6 cm³/mol. The normalized spacial score (nSPS) is 12.7. The average Bonchev–Trinajstić information content (AvgIpc) is 2.62. The third-order valence-corrected chi connectivity index (χ3v) is 3.81. The van der Waals surface area contributed by atoms with Gasteiger partial charge in [0.1, 0.15) is 0 Å². The minimum atomic E-state index is 0.244. The van der Waals surface area contributed by atoms with Crippen molar-refractivity contribution in [2.24, 2.45) is 7.05 Å². The van der Waals surface area contributed by atoms with Gasteiger partial charge < -0.3 is 10.2 Å². The molecule has 4 nitrogen and oxygen atoms in total.